The maximum Gasteiger partial charge on any atom is 0.0291 e. The van der Waals surface area contributed by atoms with Gasteiger partial charge in [-0.1, -0.05) is 19.9 Å². The van der Waals surface area contributed by atoms with Crippen molar-refractivity contribution < 1.29 is 0 Å². The molecule has 2 aliphatic rings. The van der Waals surface area contributed by atoms with E-state index in [1.165, 1.54) is 31.6 Å². The lowest BCUT2D eigenvalue weighted by atomic mass is 9.86. The van der Waals surface area contributed by atoms with Gasteiger partial charge in [-0.25, -0.2) is 0 Å². The van der Waals surface area contributed by atoms with Gasteiger partial charge in [0.1, 0.15) is 0 Å². The lowest BCUT2D eigenvalue weighted by Gasteiger charge is -2.39. The van der Waals surface area contributed by atoms with Crippen molar-refractivity contribution in [2.24, 2.45) is 17.6 Å². The molecule has 1 aliphatic heterocycles. The van der Waals surface area contributed by atoms with E-state index < -0.39 is 0 Å². The highest BCUT2D eigenvalue weighted by Crippen LogP contribution is 2.33. The standard InChI is InChI=1S/C13H22N2.ClH/c1-10(2)9-15-7-3-4-11-5-6-12(14)8-13(11)15;/h6,8,10-11H,3-5,7,9,14H2,1-2H3;1H. The maximum atomic E-state index is 5.89. The van der Waals surface area contributed by atoms with Crippen LogP contribution in [0.1, 0.15) is 33.1 Å². The summed E-state index contributed by atoms with van der Waals surface area (Å²) in [5, 5.41) is 0. The smallest absolute Gasteiger partial charge is 0.0291 e. The minimum Gasteiger partial charge on any atom is -0.399 e. The van der Waals surface area contributed by atoms with Gasteiger partial charge in [-0.3, -0.25) is 0 Å². The topological polar surface area (TPSA) is 29.3 Å². The third-order valence-corrected chi connectivity index (χ3v) is 3.30. The Hall–Kier alpha value is -0.630. The highest BCUT2D eigenvalue weighted by Gasteiger charge is 2.26. The molecule has 3 heteroatoms. The molecule has 0 amide bonds. The Morgan fingerprint density at radius 3 is 2.94 bits per heavy atom. The lowest BCUT2D eigenvalue weighted by molar-refractivity contribution is 0.219. The van der Waals surface area contributed by atoms with Crippen LogP contribution < -0.4 is 5.73 Å². The minimum absolute atomic E-state index is 0. The van der Waals surface area contributed by atoms with Gasteiger partial charge in [0.15, 0.2) is 0 Å². The molecule has 0 radical (unpaired) electrons. The Balaban J connectivity index is 0.00000128. The summed E-state index contributed by atoms with van der Waals surface area (Å²) in [6.45, 7) is 6.96. The molecular weight excluding hydrogens is 220 g/mol. The maximum absolute atomic E-state index is 5.89. The molecule has 16 heavy (non-hydrogen) atoms. The number of allylic oxidation sites excluding steroid dienone is 3. The van der Waals surface area contributed by atoms with Crippen LogP contribution in [0.4, 0.5) is 0 Å². The number of nitrogens with zero attached hydrogens (tertiary/aromatic N) is 1. The molecule has 0 aromatic heterocycles. The van der Waals surface area contributed by atoms with E-state index in [-0.39, 0.29) is 12.4 Å². The Bertz CT molecular complexity index is 294. The van der Waals surface area contributed by atoms with E-state index in [9.17, 15) is 0 Å². The van der Waals surface area contributed by atoms with Crippen molar-refractivity contribution in [2.75, 3.05) is 13.1 Å². The molecule has 92 valence electrons. The number of likely N-dealkylation sites (tertiary alicyclic amines) is 1. The first-order valence-corrected chi connectivity index (χ1v) is 6.09. The van der Waals surface area contributed by atoms with Gasteiger partial charge in [-0.15, -0.1) is 12.4 Å². The third-order valence-electron chi connectivity index (χ3n) is 3.30. The van der Waals surface area contributed by atoms with Crippen LogP contribution >= 0.6 is 12.4 Å². The fourth-order valence-corrected chi connectivity index (χ4v) is 2.66. The van der Waals surface area contributed by atoms with E-state index in [1.807, 2.05) is 0 Å². The molecule has 2 nitrogen and oxygen atoms in total. The van der Waals surface area contributed by atoms with Crippen molar-refractivity contribution in [3.8, 4) is 0 Å². The number of piperidine rings is 1. The number of hydrogen-bond acceptors (Lipinski definition) is 2. The zero-order valence-electron chi connectivity index (χ0n) is 10.3. The van der Waals surface area contributed by atoms with Crippen molar-refractivity contribution >= 4 is 12.4 Å². The molecule has 1 heterocycles. The highest BCUT2D eigenvalue weighted by molar-refractivity contribution is 5.85. The lowest BCUT2D eigenvalue weighted by Crippen LogP contribution is -2.36. The van der Waals surface area contributed by atoms with E-state index in [2.05, 4.69) is 30.9 Å². The van der Waals surface area contributed by atoms with E-state index in [4.69, 9.17) is 5.73 Å². The van der Waals surface area contributed by atoms with Gasteiger partial charge >= 0.3 is 0 Å². The van der Waals surface area contributed by atoms with Gasteiger partial charge in [0, 0.05) is 30.4 Å². The molecular formula is C13H23ClN2. The quantitative estimate of drug-likeness (QED) is 0.807. The van der Waals surface area contributed by atoms with Crippen LogP contribution in [0.2, 0.25) is 0 Å². The second-order valence-electron chi connectivity index (χ2n) is 5.19. The first kappa shape index (κ1) is 13.4. The van der Waals surface area contributed by atoms with Gasteiger partial charge in [0.2, 0.25) is 0 Å². The van der Waals surface area contributed by atoms with Gasteiger partial charge in [0.05, 0.1) is 0 Å². The normalized spacial score (nSPS) is 24.4. The average molecular weight is 243 g/mol. The Labute approximate surface area is 105 Å². The highest BCUT2D eigenvalue weighted by atomic mass is 35.5. The molecule has 0 aromatic rings. The largest absolute Gasteiger partial charge is 0.399 e. The van der Waals surface area contributed by atoms with Crippen LogP contribution in [0, 0.1) is 11.8 Å². The average Bonchev–Trinajstić information content (AvgIpc) is 2.18. The predicted octanol–water partition coefficient (Wildman–Crippen LogP) is 2.91. The number of hydrogen-bond donors (Lipinski definition) is 1. The van der Waals surface area contributed by atoms with E-state index in [0.717, 1.165) is 24.0 Å². The molecule has 2 N–H and O–H groups in total. The predicted molar refractivity (Wildman–Crippen MR) is 71.4 cm³/mol. The van der Waals surface area contributed by atoms with Crippen molar-refractivity contribution in [1.29, 1.82) is 0 Å². The molecule has 1 fully saturated rings. The SMILES string of the molecule is CC(C)CN1CCCC2CC=C(N)C=C21.Cl. The Kier molecular flexibility index (Phi) is 4.72. The number of fused-ring (bicyclic) bond motifs is 1. The summed E-state index contributed by atoms with van der Waals surface area (Å²) in [5.74, 6) is 1.47. The number of nitrogens with two attached hydrogens (primary N) is 1. The second kappa shape index (κ2) is 5.62. The van der Waals surface area contributed by atoms with Crippen LogP contribution in [0.3, 0.4) is 0 Å². The minimum atomic E-state index is 0. The first-order chi connectivity index (χ1) is 7.16. The summed E-state index contributed by atoms with van der Waals surface area (Å²) in [5.41, 5.74) is 8.34. The van der Waals surface area contributed by atoms with Gasteiger partial charge in [-0.2, -0.15) is 0 Å². The number of rotatable bonds is 2. The summed E-state index contributed by atoms with van der Waals surface area (Å²) < 4.78 is 0. The van der Waals surface area contributed by atoms with Crippen LogP contribution in [-0.4, -0.2) is 18.0 Å². The number of halogens is 1. The Morgan fingerprint density at radius 2 is 2.25 bits per heavy atom. The van der Waals surface area contributed by atoms with E-state index in [1.54, 1.807) is 0 Å². The van der Waals surface area contributed by atoms with Crippen LogP contribution in [0.25, 0.3) is 0 Å². The van der Waals surface area contributed by atoms with Crippen molar-refractivity contribution in [3.05, 3.63) is 23.5 Å². The third kappa shape index (κ3) is 2.94. The summed E-state index contributed by atoms with van der Waals surface area (Å²) in [6, 6.07) is 0. The fourth-order valence-electron chi connectivity index (χ4n) is 2.66. The molecule has 1 atom stereocenters. The summed E-state index contributed by atoms with van der Waals surface area (Å²) >= 11 is 0. The molecule has 1 unspecified atom stereocenters. The zero-order valence-corrected chi connectivity index (χ0v) is 11.1. The second-order valence-corrected chi connectivity index (χ2v) is 5.19. The fraction of sp³-hybridized carbons (Fsp3) is 0.692. The molecule has 2 rings (SSSR count). The molecule has 0 saturated carbocycles. The summed E-state index contributed by atoms with van der Waals surface area (Å²) in [4.78, 5) is 2.54. The molecule has 0 spiro atoms. The summed E-state index contributed by atoms with van der Waals surface area (Å²) in [7, 11) is 0. The van der Waals surface area contributed by atoms with Gasteiger partial charge < -0.3 is 10.6 Å². The van der Waals surface area contributed by atoms with Crippen molar-refractivity contribution in [1.82, 2.24) is 4.90 Å². The molecule has 0 aromatic carbocycles. The van der Waals surface area contributed by atoms with Gasteiger partial charge in [0.25, 0.3) is 0 Å². The van der Waals surface area contributed by atoms with E-state index in [0.29, 0.717) is 0 Å². The Morgan fingerprint density at radius 1 is 1.50 bits per heavy atom. The molecule has 1 saturated heterocycles. The summed E-state index contributed by atoms with van der Waals surface area (Å²) in [6.07, 6.45) is 8.18. The van der Waals surface area contributed by atoms with Crippen LogP contribution in [-0.2, 0) is 0 Å². The molecule has 1 aliphatic carbocycles. The van der Waals surface area contributed by atoms with Gasteiger partial charge in [-0.05, 0) is 31.3 Å². The van der Waals surface area contributed by atoms with Crippen LogP contribution in [0.5, 0.6) is 0 Å². The zero-order chi connectivity index (χ0) is 10.8. The van der Waals surface area contributed by atoms with E-state index >= 15 is 0 Å². The monoisotopic (exact) mass is 242 g/mol. The van der Waals surface area contributed by atoms with Crippen molar-refractivity contribution in [2.45, 2.75) is 33.1 Å². The molecule has 0 bridgehead atoms. The van der Waals surface area contributed by atoms with Crippen LogP contribution in [0.15, 0.2) is 23.5 Å². The van der Waals surface area contributed by atoms with Crippen molar-refractivity contribution in [3.63, 3.8) is 0 Å². The first-order valence-electron chi connectivity index (χ1n) is 6.09.